The van der Waals surface area contributed by atoms with Gasteiger partial charge < -0.3 is 18.6 Å². The van der Waals surface area contributed by atoms with Gasteiger partial charge in [0.15, 0.2) is 12.2 Å². The maximum absolute atomic E-state index is 12.4. The Morgan fingerprint density at radius 3 is 2.46 bits per heavy atom. The van der Waals surface area contributed by atoms with Crippen molar-refractivity contribution in [1.82, 2.24) is 0 Å². The van der Waals surface area contributed by atoms with Crippen LogP contribution in [0.4, 0.5) is 0 Å². The quantitative estimate of drug-likeness (QED) is 0.584. The summed E-state index contributed by atoms with van der Waals surface area (Å²) in [6.07, 6.45) is -1.66. The first kappa shape index (κ1) is 19.9. The Bertz CT molecular complexity index is 970. The highest BCUT2D eigenvalue weighted by molar-refractivity contribution is 5.83. The number of hydrogen-bond acceptors (Lipinski definition) is 7. The van der Waals surface area contributed by atoms with Gasteiger partial charge in [-0.1, -0.05) is 13.8 Å². The van der Waals surface area contributed by atoms with Crippen LogP contribution in [0.3, 0.4) is 0 Å². The van der Waals surface area contributed by atoms with Crippen molar-refractivity contribution in [1.29, 1.82) is 0 Å². The lowest BCUT2D eigenvalue weighted by Crippen LogP contribution is -2.52. The molecule has 1 aromatic carbocycles. The van der Waals surface area contributed by atoms with Crippen molar-refractivity contribution in [3.63, 3.8) is 0 Å². The Kier molecular flexibility index (Phi) is 5.19. The first-order valence-corrected chi connectivity index (χ1v) is 9.21. The van der Waals surface area contributed by atoms with Crippen LogP contribution in [-0.4, -0.2) is 23.6 Å². The molecule has 0 amide bonds. The van der Waals surface area contributed by atoms with Crippen LogP contribution in [0.25, 0.3) is 11.0 Å². The zero-order valence-corrected chi connectivity index (χ0v) is 16.6. The minimum Gasteiger partial charge on any atom is -0.483 e. The molecule has 2 aromatic rings. The average molecular weight is 388 g/mol. The van der Waals surface area contributed by atoms with Gasteiger partial charge in [-0.05, 0) is 38.0 Å². The van der Waals surface area contributed by atoms with Crippen LogP contribution in [0.1, 0.15) is 52.7 Å². The van der Waals surface area contributed by atoms with Gasteiger partial charge in [0.05, 0.1) is 5.56 Å². The van der Waals surface area contributed by atoms with E-state index < -0.39 is 35.4 Å². The maximum Gasteiger partial charge on any atom is 0.336 e. The normalized spacial score (nSPS) is 20.4. The second kappa shape index (κ2) is 7.30. The molecule has 0 aliphatic carbocycles. The zero-order chi connectivity index (χ0) is 20.6. The lowest BCUT2D eigenvalue weighted by Gasteiger charge is -2.43. The van der Waals surface area contributed by atoms with Gasteiger partial charge in [-0.2, -0.15) is 0 Å². The summed E-state index contributed by atoms with van der Waals surface area (Å²) in [5.74, 6) is -0.444. The van der Waals surface area contributed by atoms with Gasteiger partial charge in [0.2, 0.25) is 0 Å². The Balaban J connectivity index is 2.16. The number of hydrogen-bond donors (Lipinski definition) is 0. The van der Waals surface area contributed by atoms with Crippen molar-refractivity contribution in [2.45, 2.75) is 58.8 Å². The molecule has 0 saturated carbocycles. The van der Waals surface area contributed by atoms with E-state index in [0.717, 1.165) is 0 Å². The minimum atomic E-state index is -0.971. The highest BCUT2D eigenvalue weighted by Gasteiger charge is 2.49. The minimum absolute atomic E-state index is 0.110. The van der Waals surface area contributed by atoms with Crippen molar-refractivity contribution in [2.24, 2.45) is 5.92 Å². The molecule has 1 aliphatic rings. The molecule has 0 spiro atoms. The van der Waals surface area contributed by atoms with Crippen LogP contribution in [0, 0.1) is 5.92 Å². The van der Waals surface area contributed by atoms with E-state index in [0.29, 0.717) is 16.7 Å². The van der Waals surface area contributed by atoms with Crippen molar-refractivity contribution in [3.8, 4) is 5.75 Å². The smallest absolute Gasteiger partial charge is 0.336 e. The first-order valence-electron chi connectivity index (χ1n) is 9.21. The van der Waals surface area contributed by atoms with Crippen LogP contribution >= 0.6 is 0 Å². The summed E-state index contributed by atoms with van der Waals surface area (Å²) in [7, 11) is 0. The van der Waals surface area contributed by atoms with Gasteiger partial charge >= 0.3 is 17.6 Å². The second-order valence-electron chi connectivity index (χ2n) is 7.89. The number of esters is 2. The molecule has 3 rings (SSSR count). The summed E-state index contributed by atoms with van der Waals surface area (Å²) >= 11 is 0. The molecule has 0 fully saturated rings. The second-order valence-corrected chi connectivity index (χ2v) is 7.89. The lowest BCUT2D eigenvalue weighted by atomic mass is 9.87. The molecule has 7 heteroatoms. The number of carbonyl (C=O) groups is 2. The third-order valence-corrected chi connectivity index (χ3v) is 4.53. The van der Waals surface area contributed by atoms with E-state index in [9.17, 15) is 14.4 Å². The highest BCUT2D eigenvalue weighted by Crippen LogP contribution is 2.46. The van der Waals surface area contributed by atoms with E-state index in [1.807, 2.05) is 13.8 Å². The van der Waals surface area contributed by atoms with Crippen molar-refractivity contribution in [3.05, 3.63) is 40.2 Å². The molecule has 2 atom stereocenters. The van der Waals surface area contributed by atoms with E-state index in [2.05, 4.69) is 0 Å². The number of benzene rings is 1. The Hall–Kier alpha value is -2.83. The fourth-order valence-electron chi connectivity index (χ4n) is 3.38. The predicted octanol–water partition coefficient (Wildman–Crippen LogP) is 3.53. The van der Waals surface area contributed by atoms with Crippen molar-refractivity contribution in [2.75, 3.05) is 0 Å². The number of fused-ring (bicyclic) bond motifs is 3. The largest absolute Gasteiger partial charge is 0.483 e. The van der Waals surface area contributed by atoms with Gasteiger partial charge in [0, 0.05) is 24.8 Å². The summed E-state index contributed by atoms with van der Waals surface area (Å²) < 4.78 is 22.7. The standard InChI is InChI=1S/C21H24O7/c1-11(2)10-16(24)27-20-19(25-12(3)22)17-14(28-21(20,4)5)8-6-13-7-9-15(23)26-18(13)17/h6-9,11,19-20H,10H2,1-5H3/t19-,20-/m0/s1. The van der Waals surface area contributed by atoms with Crippen molar-refractivity contribution >= 4 is 22.9 Å². The third-order valence-electron chi connectivity index (χ3n) is 4.53. The van der Waals surface area contributed by atoms with E-state index in [1.165, 1.54) is 13.0 Å². The Labute approximate surface area is 162 Å². The molecule has 1 aliphatic heterocycles. The highest BCUT2D eigenvalue weighted by atomic mass is 16.6. The van der Waals surface area contributed by atoms with Crippen LogP contribution in [0.5, 0.6) is 5.75 Å². The molecule has 1 aromatic heterocycles. The van der Waals surface area contributed by atoms with Gasteiger partial charge in [-0.25, -0.2) is 4.79 Å². The molecular formula is C21H24O7. The van der Waals surface area contributed by atoms with E-state index in [-0.39, 0.29) is 17.9 Å². The summed E-state index contributed by atoms with van der Waals surface area (Å²) in [6.45, 7) is 8.60. The number of carbonyl (C=O) groups excluding carboxylic acids is 2. The van der Waals surface area contributed by atoms with Crippen LogP contribution in [-0.2, 0) is 19.1 Å². The molecule has 150 valence electrons. The molecule has 2 heterocycles. The Morgan fingerprint density at radius 2 is 1.82 bits per heavy atom. The summed E-state index contributed by atoms with van der Waals surface area (Å²) in [5.41, 5.74) is -0.882. The zero-order valence-electron chi connectivity index (χ0n) is 16.6. The number of ether oxygens (including phenoxy) is 3. The van der Waals surface area contributed by atoms with Gasteiger partial charge in [0.1, 0.15) is 16.9 Å². The summed E-state index contributed by atoms with van der Waals surface area (Å²) in [5, 5.41) is 0.645. The Morgan fingerprint density at radius 1 is 1.14 bits per heavy atom. The third kappa shape index (κ3) is 3.88. The topological polar surface area (TPSA) is 92.0 Å². The fourth-order valence-corrected chi connectivity index (χ4v) is 3.38. The maximum atomic E-state index is 12.4. The van der Waals surface area contributed by atoms with Crippen LogP contribution < -0.4 is 10.4 Å². The fraction of sp³-hybridized carbons (Fsp3) is 0.476. The molecule has 0 N–H and O–H groups in total. The SMILES string of the molecule is CC(=O)O[C@H]1c2c(ccc3ccc(=O)oc23)OC(C)(C)[C@H]1OC(=O)CC(C)C. The average Bonchev–Trinajstić information content (AvgIpc) is 2.56. The molecule has 0 saturated heterocycles. The molecule has 28 heavy (non-hydrogen) atoms. The molecule has 0 radical (unpaired) electrons. The van der Waals surface area contributed by atoms with Gasteiger partial charge in [0.25, 0.3) is 0 Å². The van der Waals surface area contributed by atoms with Crippen LogP contribution in [0.15, 0.2) is 33.5 Å². The molecule has 0 unspecified atom stereocenters. The predicted molar refractivity (Wildman–Crippen MR) is 101 cm³/mol. The van der Waals surface area contributed by atoms with E-state index in [4.69, 9.17) is 18.6 Å². The molecular weight excluding hydrogens is 364 g/mol. The monoisotopic (exact) mass is 388 g/mol. The lowest BCUT2D eigenvalue weighted by molar-refractivity contribution is -0.189. The molecule has 7 nitrogen and oxygen atoms in total. The van der Waals surface area contributed by atoms with Gasteiger partial charge in [-0.15, -0.1) is 0 Å². The van der Waals surface area contributed by atoms with Gasteiger partial charge in [-0.3, -0.25) is 9.59 Å². The van der Waals surface area contributed by atoms with E-state index >= 15 is 0 Å². The summed E-state index contributed by atoms with van der Waals surface area (Å²) in [6, 6.07) is 6.40. The molecule has 0 bridgehead atoms. The van der Waals surface area contributed by atoms with E-state index in [1.54, 1.807) is 32.0 Å². The first-order chi connectivity index (χ1) is 13.1. The van der Waals surface area contributed by atoms with Crippen molar-refractivity contribution < 1.29 is 28.2 Å². The van der Waals surface area contributed by atoms with Crippen LogP contribution in [0.2, 0.25) is 0 Å². The summed E-state index contributed by atoms with van der Waals surface area (Å²) in [4.78, 5) is 36.0. The number of rotatable bonds is 4.